The van der Waals surface area contributed by atoms with Crippen LogP contribution in [0.3, 0.4) is 0 Å². The fourth-order valence-electron chi connectivity index (χ4n) is 9.12. The molecule has 1 amide bonds. The number of Topliss-reactive ketones (excluding diaryl/α,β-unsaturated/α-hetero) is 2. The first kappa shape index (κ1) is 46.0. The normalized spacial score (nSPS) is 33.3. The van der Waals surface area contributed by atoms with Crippen LogP contribution in [0, 0.1) is 17.8 Å². The van der Waals surface area contributed by atoms with Crippen molar-refractivity contribution < 1.29 is 52.4 Å². The largest absolute Gasteiger partial charge is 0.455 e. The van der Waals surface area contributed by atoms with Crippen molar-refractivity contribution >= 4 is 29.3 Å². The Morgan fingerprint density at radius 3 is 2.41 bits per heavy atom. The molecule has 3 N–H and O–H groups in total. The summed E-state index contributed by atoms with van der Waals surface area (Å²) in [4.78, 5) is 59.8. The van der Waals surface area contributed by atoms with Crippen molar-refractivity contribution in [2.75, 3.05) is 58.8 Å². The number of ketones is 2. The van der Waals surface area contributed by atoms with Crippen molar-refractivity contribution in [1.82, 2.24) is 24.8 Å². The van der Waals surface area contributed by atoms with Crippen LogP contribution >= 0.6 is 0 Å². The molecule has 16 nitrogen and oxygen atoms in total. The Hall–Kier alpha value is -4.03. The highest BCUT2D eigenvalue weighted by atomic mass is 19.1. The number of fused-ring (bicyclic) bond motifs is 1. The van der Waals surface area contributed by atoms with Gasteiger partial charge in [0, 0.05) is 68.8 Å². The van der Waals surface area contributed by atoms with Gasteiger partial charge >= 0.3 is 12.1 Å². The van der Waals surface area contributed by atoms with E-state index in [1.54, 1.807) is 45.4 Å². The highest BCUT2D eigenvalue weighted by Gasteiger charge is 2.61. The standard InChI is InChI=1S/C42H63FN6O10/c1-9-33-42(7)35(49(39(54)59-42)16-11-10-15-48-24-32(45-46-48)29-13-12-14-30(44)21-29)27(3)34(51)26(2)22-40(5,55-8)37(28(4)36(52)41(6,43)38(53)58-33)57-25-31(50)23-47-17-19-56-20-18-47/h12-14,21,24,26-28,31,33,35,37,50H,9-11,15-20,22-23,25,44H2,1-8H3/t26-,27+,28+,31+,33-,35-,37-,40-,41+,42-/m1/s1. The molecular weight excluding hydrogens is 767 g/mol. The minimum absolute atomic E-state index is 0.0346. The summed E-state index contributed by atoms with van der Waals surface area (Å²) < 4.78 is 48.0. The number of ether oxygens (including phenoxy) is 5. The number of cyclic esters (lactones) is 1. The van der Waals surface area contributed by atoms with E-state index in [4.69, 9.17) is 29.4 Å². The molecule has 328 valence electrons. The molecule has 1 aromatic carbocycles. The lowest BCUT2D eigenvalue weighted by molar-refractivity contribution is -0.188. The molecule has 5 rings (SSSR count). The summed E-state index contributed by atoms with van der Waals surface area (Å²) >= 11 is 0. The first-order valence-corrected chi connectivity index (χ1v) is 20.7. The van der Waals surface area contributed by atoms with Crippen LogP contribution in [0.1, 0.15) is 74.1 Å². The van der Waals surface area contributed by atoms with Gasteiger partial charge in [-0.2, -0.15) is 0 Å². The number of hydrogen-bond acceptors (Lipinski definition) is 14. The van der Waals surface area contributed by atoms with E-state index in [-0.39, 0.29) is 38.3 Å². The number of esters is 1. The smallest absolute Gasteiger partial charge is 0.410 e. The van der Waals surface area contributed by atoms with E-state index in [1.165, 1.54) is 18.9 Å². The van der Waals surface area contributed by atoms with Gasteiger partial charge in [-0.1, -0.05) is 45.0 Å². The molecule has 1 aromatic heterocycles. The van der Waals surface area contributed by atoms with Gasteiger partial charge in [0.2, 0.25) is 0 Å². The predicted molar refractivity (Wildman–Crippen MR) is 215 cm³/mol. The summed E-state index contributed by atoms with van der Waals surface area (Å²) in [5.41, 5.74) is 1.94. The molecule has 59 heavy (non-hydrogen) atoms. The number of unbranched alkanes of at least 4 members (excludes halogenated alkanes) is 1. The molecular formula is C42H63FN6O10. The molecule has 0 bridgehead atoms. The molecule has 0 radical (unpaired) electrons. The van der Waals surface area contributed by atoms with Crippen molar-refractivity contribution in [3.63, 3.8) is 0 Å². The van der Waals surface area contributed by atoms with Crippen molar-refractivity contribution in [1.29, 1.82) is 0 Å². The fourth-order valence-corrected chi connectivity index (χ4v) is 9.12. The van der Waals surface area contributed by atoms with Crippen molar-refractivity contribution in [2.45, 2.75) is 122 Å². The van der Waals surface area contributed by atoms with E-state index >= 15 is 4.39 Å². The fraction of sp³-hybridized carbons (Fsp3) is 0.714. The van der Waals surface area contributed by atoms with Gasteiger partial charge in [-0.3, -0.25) is 19.2 Å². The number of aromatic nitrogens is 3. The number of amides is 1. The van der Waals surface area contributed by atoms with Crippen LogP contribution in [-0.2, 0) is 44.6 Å². The van der Waals surface area contributed by atoms with Crippen LogP contribution in [0.15, 0.2) is 30.5 Å². The number of rotatable bonds is 13. The number of aliphatic hydroxyl groups excluding tert-OH is 1. The zero-order valence-corrected chi connectivity index (χ0v) is 35.7. The first-order valence-electron chi connectivity index (χ1n) is 20.7. The number of benzene rings is 1. The van der Waals surface area contributed by atoms with Crippen molar-refractivity contribution in [3.05, 3.63) is 30.5 Å². The number of aryl methyl sites for hydroxylation is 1. The Balaban J connectivity index is 1.40. The van der Waals surface area contributed by atoms with Crippen LogP contribution in [-0.4, -0.2) is 148 Å². The van der Waals surface area contributed by atoms with E-state index in [0.717, 1.165) is 12.5 Å². The molecule has 0 spiro atoms. The Kier molecular flexibility index (Phi) is 14.9. The third-order valence-electron chi connectivity index (χ3n) is 12.4. The third kappa shape index (κ3) is 10.1. The second kappa shape index (κ2) is 19.1. The molecule has 10 atom stereocenters. The van der Waals surface area contributed by atoms with Crippen LogP contribution in [0.25, 0.3) is 11.3 Å². The van der Waals surface area contributed by atoms with Gasteiger partial charge in [0.1, 0.15) is 17.6 Å². The molecule has 3 aliphatic rings. The lowest BCUT2D eigenvalue weighted by Gasteiger charge is -2.44. The van der Waals surface area contributed by atoms with Crippen LogP contribution in [0.2, 0.25) is 0 Å². The predicted octanol–water partition coefficient (Wildman–Crippen LogP) is 3.87. The van der Waals surface area contributed by atoms with Gasteiger partial charge in [0.15, 0.2) is 11.4 Å². The average molecular weight is 831 g/mol. The van der Waals surface area contributed by atoms with E-state index in [2.05, 4.69) is 10.3 Å². The van der Waals surface area contributed by atoms with Gasteiger partial charge in [-0.15, -0.1) is 5.10 Å². The lowest BCUT2D eigenvalue weighted by atomic mass is 9.73. The third-order valence-corrected chi connectivity index (χ3v) is 12.4. The highest BCUT2D eigenvalue weighted by Crippen LogP contribution is 2.43. The van der Waals surface area contributed by atoms with Crippen molar-refractivity contribution in [3.8, 4) is 11.3 Å². The van der Waals surface area contributed by atoms with E-state index in [1.807, 2.05) is 29.3 Å². The minimum atomic E-state index is -3.14. The molecule has 0 unspecified atom stereocenters. The summed E-state index contributed by atoms with van der Waals surface area (Å²) in [7, 11) is 1.41. The maximum atomic E-state index is 16.7. The van der Waals surface area contributed by atoms with Gasteiger partial charge in [0.25, 0.3) is 5.67 Å². The van der Waals surface area contributed by atoms with Gasteiger partial charge < -0.3 is 39.4 Å². The molecule has 2 aromatic rings. The average Bonchev–Trinajstić information content (AvgIpc) is 3.78. The minimum Gasteiger partial charge on any atom is -0.455 e. The monoisotopic (exact) mass is 830 g/mol. The number of aliphatic hydroxyl groups is 1. The molecule has 4 heterocycles. The van der Waals surface area contributed by atoms with Crippen LogP contribution in [0.5, 0.6) is 0 Å². The Labute approximate surface area is 346 Å². The number of anilines is 1. The summed E-state index contributed by atoms with van der Waals surface area (Å²) in [5, 5.41) is 19.5. The summed E-state index contributed by atoms with van der Waals surface area (Å²) in [6.07, 6.45) is -1.05. The number of carbonyl (C=O) groups excluding carboxylic acids is 4. The first-order chi connectivity index (χ1) is 27.9. The number of alkyl halides is 1. The van der Waals surface area contributed by atoms with Gasteiger partial charge in [0.05, 0.1) is 49.9 Å². The molecule has 3 fully saturated rings. The molecule has 0 aliphatic carbocycles. The second-order valence-corrected chi connectivity index (χ2v) is 17.0. The number of halogens is 1. The Bertz CT molecular complexity index is 1790. The molecule has 0 saturated carbocycles. The highest BCUT2D eigenvalue weighted by molar-refractivity contribution is 6.08. The Morgan fingerprint density at radius 2 is 1.75 bits per heavy atom. The lowest BCUT2D eigenvalue weighted by Crippen LogP contribution is -2.60. The summed E-state index contributed by atoms with van der Waals surface area (Å²) in [6, 6.07) is 6.41. The number of β-amino-alcohol motifs (C(OH)–C–C–N with tert-alkyl or cyclic N) is 1. The maximum absolute atomic E-state index is 16.7. The molecule has 17 heteroatoms. The second-order valence-electron chi connectivity index (χ2n) is 17.0. The zero-order valence-electron chi connectivity index (χ0n) is 35.7. The maximum Gasteiger partial charge on any atom is 0.410 e. The Morgan fingerprint density at radius 1 is 1.05 bits per heavy atom. The number of morpholine rings is 1. The summed E-state index contributed by atoms with van der Waals surface area (Å²) in [5.74, 6) is -5.63. The number of nitrogens with zero attached hydrogens (tertiary/aromatic N) is 5. The summed E-state index contributed by atoms with van der Waals surface area (Å²) in [6.45, 7) is 13.8. The number of nitrogen functional groups attached to an aromatic ring is 1. The number of carbonyl (C=O) groups is 4. The van der Waals surface area contributed by atoms with Crippen LogP contribution in [0.4, 0.5) is 14.9 Å². The van der Waals surface area contributed by atoms with E-state index < -0.39 is 76.8 Å². The number of nitrogens with two attached hydrogens (primary N) is 1. The molecule has 3 saturated heterocycles. The number of hydrogen-bond donors (Lipinski definition) is 2. The molecule has 3 aliphatic heterocycles. The van der Waals surface area contributed by atoms with Gasteiger partial charge in [-0.05, 0) is 58.6 Å². The van der Waals surface area contributed by atoms with Crippen LogP contribution < -0.4 is 5.73 Å². The van der Waals surface area contributed by atoms with E-state index in [0.29, 0.717) is 57.1 Å². The topological polar surface area (TPSA) is 198 Å². The zero-order chi connectivity index (χ0) is 43.3. The van der Waals surface area contributed by atoms with E-state index in [9.17, 15) is 24.3 Å². The number of methoxy groups -OCH3 is 1. The quantitative estimate of drug-likeness (QED) is 0.128. The van der Waals surface area contributed by atoms with Gasteiger partial charge in [-0.25, -0.2) is 14.0 Å². The SMILES string of the molecule is CC[C@H]1OC(=O)[C@@](C)(F)C(=O)[C@H](C)[C@@H](OC[C@@H](O)CN2CCOCC2)[C@](C)(OC)C[C@@H](C)C(=O)[C@H](C)[C@H]2N(CCCCn3cc(-c4cccc(N)c4)nn3)C(=O)O[C@]12C. The van der Waals surface area contributed by atoms with Crippen molar-refractivity contribution in [2.24, 2.45) is 17.8 Å².